The number of methoxy groups -OCH3 is 1. The second kappa shape index (κ2) is 5.34. The molecule has 2 unspecified atom stereocenters. The summed E-state index contributed by atoms with van der Waals surface area (Å²) in [6.07, 6.45) is 1.10. The van der Waals surface area contributed by atoms with E-state index >= 15 is 0 Å². The number of benzene rings is 1. The number of hydrogen-bond donors (Lipinski definition) is 0. The van der Waals surface area contributed by atoms with Crippen LogP contribution in [0.1, 0.15) is 32.9 Å². The Morgan fingerprint density at radius 3 is 2.74 bits per heavy atom. The average molecular weight is 316 g/mol. The molecule has 0 saturated heterocycles. The van der Waals surface area contributed by atoms with Crippen LogP contribution in [0.4, 0.5) is 0 Å². The number of fused-ring (bicyclic) bond motifs is 1. The lowest BCUT2D eigenvalue weighted by molar-refractivity contribution is -0.207. The summed E-state index contributed by atoms with van der Waals surface area (Å²) in [5.41, 5.74) is 1.14. The zero-order valence-electron chi connectivity index (χ0n) is 14.4. The largest absolute Gasteiger partial charge is 0.378 e. The number of carbonyl (C=O) groups is 1. The fraction of sp³-hybridized carbons (Fsp3) is 0.556. The van der Waals surface area contributed by atoms with Crippen LogP contribution in [0.2, 0.25) is 0 Å². The molecule has 0 radical (unpaired) electrons. The summed E-state index contributed by atoms with van der Waals surface area (Å²) in [7, 11) is 3.60. The van der Waals surface area contributed by atoms with E-state index in [9.17, 15) is 4.79 Å². The van der Waals surface area contributed by atoms with Crippen molar-refractivity contribution in [3.05, 3.63) is 30.0 Å². The van der Waals surface area contributed by atoms with Crippen molar-refractivity contribution in [2.75, 3.05) is 14.2 Å². The Labute approximate surface area is 136 Å². The Morgan fingerprint density at radius 2 is 2.09 bits per heavy atom. The van der Waals surface area contributed by atoms with E-state index in [1.165, 1.54) is 0 Å². The maximum absolute atomic E-state index is 12.7. The van der Waals surface area contributed by atoms with Crippen LogP contribution in [0.15, 0.2) is 28.8 Å². The summed E-state index contributed by atoms with van der Waals surface area (Å²) in [4.78, 5) is 14.5. The van der Waals surface area contributed by atoms with Gasteiger partial charge in [0.25, 0.3) is 0 Å². The molecule has 5 heteroatoms. The van der Waals surface area contributed by atoms with Gasteiger partial charge in [-0.3, -0.25) is 4.79 Å². The summed E-state index contributed by atoms with van der Waals surface area (Å²) < 4.78 is 10.9. The number of hydrogen-bond acceptors (Lipinski definition) is 4. The second-order valence-electron chi connectivity index (χ2n) is 7.18. The zero-order chi connectivity index (χ0) is 16.8. The number of amides is 1. The van der Waals surface area contributed by atoms with Crippen LogP contribution in [0.5, 0.6) is 0 Å². The first kappa shape index (κ1) is 16.0. The first-order chi connectivity index (χ1) is 10.8. The summed E-state index contributed by atoms with van der Waals surface area (Å²) in [6.45, 7) is 6.41. The predicted octanol–water partition coefficient (Wildman–Crippen LogP) is 3.03. The van der Waals surface area contributed by atoms with Crippen molar-refractivity contribution in [1.29, 1.82) is 0 Å². The van der Waals surface area contributed by atoms with Gasteiger partial charge in [0, 0.05) is 31.0 Å². The van der Waals surface area contributed by atoms with Crippen molar-refractivity contribution < 1.29 is 14.1 Å². The molecule has 3 rings (SSSR count). The molecule has 23 heavy (non-hydrogen) atoms. The van der Waals surface area contributed by atoms with E-state index in [-0.39, 0.29) is 29.4 Å². The number of ether oxygens (including phenoxy) is 1. The van der Waals surface area contributed by atoms with E-state index in [1.807, 2.05) is 36.2 Å². The van der Waals surface area contributed by atoms with E-state index in [2.05, 4.69) is 25.9 Å². The third kappa shape index (κ3) is 2.34. The fourth-order valence-corrected chi connectivity index (χ4v) is 3.58. The number of rotatable bonds is 4. The van der Waals surface area contributed by atoms with Gasteiger partial charge in [-0.15, -0.1) is 0 Å². The Hall–Kier alpha value is -1.88. The molecule has 0 spiro atoms. The minimum absolute atomic E-state index is 0.0558. The van der Waals surface area contributed by atoms with Gasteiger partial charge in [0.2, 0.25) is 5.91 Å². The van der Waals surface area contributed by atoms with Crippen molar-refractivity contribution in [2.24, 2.45) is 5.41 Å². The van der Waals surface area contributed by atoms with Crippen molar-refractivity contribution in [2.45, 2.75) is 45.3 Å². The minimum Gasteiger partial charge on any atom is -0.378 e. The van der Waals surface area contributed by atoms with Gasteiger partial charge in [-0.25, -0.2) is 0 Å². The highest BCUT2D eigenvalue weighted by atomic mass is 16.5. The van der Waals surface area contributed by atoms with Gasteiger partial charge < -0.3 is 14.2 Å². The maximum Gasteiger partial charge on any atom is 0.228 e. The van der Waals surface area contributed by atoms with Crippen LogP contribution in [0.3, 0.4) is 0 Å². The maximum atomic E-state index is 12.7. The lowest BCUT2D eigenvalue weighted by Crippen LogP contribution is -2.68. The van der Waals surface area contributed by atoms with Crippen molar-refractivity contribution in [3.8, 4) is 0 Å². The standard InChI is InChI=1S/C18H24N2O3/c1-17(2)15(11-18(17,3)22-5)20(4)16(21)10-13-12-8-6-7-9-14(12)23-19-13/h6-9,15H,10-11H2,1-5H3. The minimum atomic E-state index is -0.188. The molecule has 1 aromatic carbocycles. The summed E-state index contributed by atoms with van der Waals surface area (Å²) in [5, 5.41) is 4.96. The van der Waals surface area contributed by atoms with Gasteiger partial charge in [0.1, 0.15) is 5.69 Å². The summed E-state index contributed by atoms with van der Waals surface area (Å²) in [5.74, 6) is 0.0558. The summed E-state index contributed by atoms with van der Waals surface area (Å²) in [6, 6.07) is 7.78. The molecule has 1 aliphatic rings. The molecule has 0 bridgehead atoms. The first-order valence-electron chi connectivity index (χ1n) is 7.94. The van der Waals surface area contributed by atoms with Gasteiger partial charge in [-0.05, 0) is 25.5 Å². The van der Waals surface area contributed by atoms with Gasteiger partial charge in [0.15, 0.2) is 5.58 Å². The first-order valence-corrected chi connectivity index (χ1v) is 7.94. The quantitative estimate of drug-likeness (QED) is 0.870. The van der Waals surface area contributed by atoms with Crippen molar-refractivity contribution >= 4 is 16.9 Å². The van der Waals surface area contributed by atoms with Crippen LogP contribution >= 0.6 is 0 Å². The van der Waals surface area contributed by atoms with Gasteiger partial charge in [0.05, 0.1) is 12.0 Å². The Kier molecular flexibility index (Phi) is 3.71. The van der Waals surface area contributed by atoms with E-state index in [1.54, 1.807) is 7.11 Å². The zero-order valence-corrected chi connectivity index (χ0v) is 14.4. The fourth-order valence-electron chi connectivity index (χ4n) is 3.58. The van der Waals surface area contributed by atoms with Gasteiger partial charge >= 0.3 is 0 Å². The highest BCUT2D eigenvalue weighted by Gasteiger charge is 2.59. The number of carbonyl (C=O) groups excluding carboxylic acids is 1. The smallest absolute Gasteiger partial charge is 0.228 e. The van der Waals surface area contributed by atoms with Crippen LogP contribution in [0, 0.1) is 5.41 Å². The summed E-state index contributed by atoms with van der Waals surface area (Å²) >= 11 is 0. The monoisotopic (exact) mass is 316 g/mol. The van der Waals surface area contributed by atoms with Crippen LogP contribution in [0.25, 0.3) is 11.0 Å². The van der Waals surface area contributed by atoms with Gasteiger partial charge in [-0.1, -0.05) is 31.1 Å². The molecule has 1 aliphatic carbocycles. The molecule has 124 valence electrons. The predicted molar refractivity (Wildman–Crippen MR) is 88.1 cm³/mol. The van der Waals surface area contributed by atoms with Crippen LogP contribution in [-0.4, -0.2) is 41.8 Å². The third-order valence-electron chi connectivity index (χ3n) is 5.86. The molecule has 1 heterocycles. The Morgan fingerprint density at radius 1 is 1.39 bits per heavy atom. The molecule has 0 N–H and O–H groups in total. The molecule has 1 saturated carbocycles. The molecule has 1 amide bonds. The van der Waals surface area contributed by atoms with Gasteiger partial charge in [-0.2, -0.15) is 0 Å². The lowest BCUT2D eigenvalue weighted by Gasteiger charge is -2.61. The number of aromatic nitrogens is 1. The number of likely N-dealkylation sites (N-methyl/N-ethyl adjacent to an activating group) is 1. The van der Waals surface area contributed by atoms with Crippen molar-refractivity contribution in [3.63, 3.8) is 0 Å². The van der Waals surface area contributed by atoms with Crippen LogP contribution in [-0.2, 0) is 16.0 Å². The SMILES string of the molecule is COC1(C)CC(N(C)C(=O)Cc2noc3ccccc23)C1(C)C. The van der Waals surface area contributed by atoms with E-state index < -0.39 is 0 Å². The topological polar surface area (TPSA) is 55.6 Å². The number of para-hydroxylation sites is 1. The van der Waals surface area contributed by atoms with Crippen molar-refractivity contribution in [1.82, 2.24) is 10.1 Å². The third-order valence-corrected chi connectivity index (χ3v) is 5.86. The molecular weight excluding hydrogens is 292 g/mol. The lowest BCUT2D eigenvalue weighted by atomic mass is 9.55. The molecule has 2 atom stereocenters. The molecular formula is C18H24N2O3. The normalized spacial score (nSPS) is 26.0. The highest BCUT2D eigenvalue weighted by Crippen LogP contribution is 2.53. The van der Waals surface area contributed by atoms with E-state index in [0.717, 1.165) is 11.8 Å². The molecule has 1 fully saturated rings. The molecule has 1 aromatic heterocycles. The highest BCUT2D eigenvalue weighted by molar-refractivity contribution is 5.86. The Balaban J connectivity index is 1.74. The average Bonchev–Trinajstić information content (AvgIpc) is 2.94. The molecule has 5 nitrogen and oxygen atoms in total. The second-order valence-corrected chi connectivity index (χ2v) is 7.18. The number of nitrogens with zero attached hydrogens (tertiary/aromatic N) is 2. The van der Waals surface area contributed by atoms with E-state index in [0.29, 0.717) is 11.3 Å². The molecule has 2 aromatic rings. The van der Waals surface area contributed by atoms with Crippen LogP contribution < -0.4 is 0 Å². The Bertz CT molecular complexity index is 737. The van der Waals surface area contributed by atoms with E-state index in [4.69, 9.17) is 9.26 Å². The molecule has 0 aliphatic heterocycles.